The molecule has 0 aromatic rings. The standard InChI is InChI=1S/C2H3Cl.Sb.3H/c1-2-3;;;;/h2H,1H2;;;;. The van der Waals surface area contributed by atoms with Crippen LogP contribution in [0.1, 0.15) is 0 Å². The summed E-state index contributed by atoms with van der Waals surface area (Å²) in [5, 5.41) is 0. The number of hydrogen-bond acceptors (Lipinski definition) is 0. The summed E-state index contributed by atoms with van der Waals surface area (Å²) >= 11 is 4.76. The molecule has 0 rings (SSSR count). The zero-order chi connectivity index (χ0) is 2.71. The third-order valence-electron chi connectivity index (χ3n) is 0. The molecule has 0 heterocycles. The zero-order valence-corrected chi connectivity index (χ0v) is 7.16. The normalized spacial score (nSPS) is 3.25. The Morgan fingerprint density at radius 3 is 1.75 bits per heavy atom. The van der Waals surface area contributed by atoms with E-state index in [-0.39, 0.29) is 24.4 Å². The molecule has 0 bridgehead atoms. The van der Waals surface area contributed by atoms with Crippen LogP contribution < -0.4 is 0 Å². The Morgan fingerprint density at radius 1 is 1.75 bits per heavy atom. The van der Waals surface area contributed by atoms with Crippen LogP contribution in [0.5, 0.6) is 0 Å². The van der Waals surface area contributed by atoms with E-state index in [1.165, 1.54) is 5.54 Å². The van der Waals surface area contributed by atoms with Gasteiger partial charge < -0.3 is 0 Å². The Balaban J connectivity index is 0. The molecule has 0 fully saturated rings. The van der Waals surface area contributed by atoms with Crippen molar-refractivity contribution in [2.75, 3.05) is 0 Å². The second kappa shape index (κ2) is 9.14. The van der Waals surface area contributed by atoms with Crippen LogP contribution in [0.2, 0.25) is 0 Å². The molecule has 0 unspecified atom stereocenters. The molecule has 0 amide bonds. The quantitative estimate of drug-likeness (QED) is 0.475. The molecule has 0 spiro atoms. The molecule has 0 N–H and O–H groups in total. The van der Waals surface area contributed by atoms with E-state index in [0.29, 0.717) is 0 Å². The molecule has 0 aliphatic rings. The van der Waals surface area contributed by atoms with E-state index >= 15 is 0 Å². The van der Waals surface area contributed by atoms with Crippen LogP contribution >= 0.6 is 11.6 Å². The molecule has 0 aliphatic carbocycles. The van der Waals surface area contributed by atoms with Gasteiger partial charge in [0.2, 0.25) is 0 Å². The van der Waals surface area contributed by atoms with Crippen molar-refractivity contribution < 1.29 is 0 Å². The van der Waals surface area contributed by atoms with Gasteiger partial charge in [-0.1, -0.05) is 18.2 Å². The maximum atomic E-state index is 4.76. The van der Waals surface area contributed by atoms with Gasteiger partial charge in [-0.05, 0) is 5.54 Å². The average molecular weight is 187 g/mol. The van der Waals surface area contributed by atoms with Crippen LogP contribution in [0, 0.1) is 0 Å². The topological polar surface area (TPSA) is 0 Å². The molecule has 2 heteroatoms. The Morgan fingerprint density at radius 2 is 1.75 bits per heavy atom. The molecule has 0 saturated carbocycles. The van der Waals surface area contributed by atoms with Crippen molar-refractivity contribution in [2.24, 2.45) is 0 Å². The van der Waals surface area contributed by atoms with Crippen molar-refractivity contribution in [2.45, 2.75) is 0 Å². The molecule has 0 aromatic carbocycles. The molecule has 0 nitrogen and oxygen atoms in total. The first-order valence-electron chi connectivity index (χ1n) is 0.626. The van der Waals surface area contributed by atoms with Gasteiger partial charge in [0.05, 0.1) is 0 Å². The van der Waals surface area contributed by atoms with Crippen LogP contribution in [0.15, 0.2) is 12.1 Å². The summed E-state index contributed by atoms with van der Waals surface area (Å²) in [6.07, 6.45) is 0. The summed E-state index contributed by atoms with van der Waals surface area (Å²) in [5.41, 5.74) is 1.22. The van der Waals surface area contributed by atoms with Gasteiger partial charge in [0.1, 0.15) is 0 Å². The van der Waals surface area contributed by atoms with E-state index in [9.17, 15) is 0 Å². The minimum atomic E-state index is 0. The Labute approximate surface area is 48.3 Å². The average Bonchev–Trinajstić information content (AvgIpc) is 0.918. The van der Waals surface area contributed by atoms with Gasteiger partial charge in [0, 0.05) is 0 Å². The SMILES string of the molecule is C=CCl.[SbH3]. The van der Waals surface area contributed by atoms with Crippen molar-refractivity contribution >= 4 is 36.0 Å². The van der Waals surface area contributed by atoms with Gasteiger partial charge in [0.15, 0.2) is 0 Å². The molecule has 0 aliphatic heterocycles. The third kappa shape index (κ3) is 13.5. The van der Waals surface area contributed by atoms with E-state index in [2.05, 4.69) is 6.58 Å². The summed E-state index contributed by atoms with van der Waals surface area (Å²) in [7, 11) is 0. The summed E-state index contributed by atoms with van der Waals surface area (Å²) < 4.78 is 0. The van der Waals surface area contributed by atoms with Crippen LogP contribution in [0.25, 0.3) is 0 Å². The van der Waals surface area contributed by atoms with E-state index in [4.69, 9.17) is 11.6 Å². The zero-order valence-electron chi connectivity index (χ0n) is 2.37. The first-order valence-corrected chi connectivity index (χ1v) is 1.06. The predicted molar refractivity (Wildman–Crippen MR) is 26.0 cm³/mol. The van der Waals surface area contributed by atoms with Gasteiger partial charge in [-0.2, -0.15) is 0 Å². The molecular formula is C2H6ClSb. The molecule has 0 saturated heterocycles. The first-order chi connectivity index (χ1) is 1.41. The summed E-state index contributed by atoms with van der Waals surface area (Å²) in [4.78, 5) is 0. The van der Waals surface area contributed by atoms with E-state index in [1.807, 2.05) is 0 Å². The molecule has 4 heavy (non-hydrogen) atoms. The van der Waals surface area contributed by atoms with Gasteiger partial charge in [0.25, 0.3) is 0 Å². The fourth-order valence-electron chi connectivity index (χ4n) is 0. The Hall–Kier alpha value is 0.848. The fourth-order valence-corrected chi connectivity index (χ4v) is 0. The maximum absolute atomic E-state index is 4.76. The van der Waals surface area contributed by atoms with Crippen molar-refractivity contribution in [3.8, 4) is 0 Å². The minimum absolute atomic E-state index is 0. The second-order valence-corrected chi connectivity index (χ2v) is 0.463. The fraction of sp³-hybridized carbons (Fsp3) is 0. The summed E-state index contributed by atoms with van der Waals surface area (Å²) in [6, 6.07) is 0. The van der Waals surface area contributed by atoms with Gasteiger partial charge in [-0.15, -0.1) is 0 Å². The van der Waals surface area contributed by atoms with Crippen molar-refractivity contribution in [1.29, 1.82) is 0 Å². The van der Waals surface area contributed by atoms with Crippen LogP contribution in [0.4, 0.5) is 0 Å². The Kier molecular flexibility index (Phi) is 20.2. The first kappa shape index (κ1) is 8.85. The molecule has 0 aromatic heterocycles. The second-order valence-electron chi connectivity index (χ2n) is 0.154. The van der Waals surface area contributed by atoms with Crippen LogP contribution in [-0.4, -0.2) is 24.4 Å². The predicted octanol–water partition coefficient (Wildman–Crippen LogP) is 0.185. The van der Waals surface area contributed by atoms with Crippen LogP contribution in [-0.2, 0) is 0 Å². The third-order valence-corrected chi connectivity index (χ3v) is 0. The summed E-state index contributed by atoms with van der Waals surface area (Å²) in [6.45, 7) is 3.13. The van der Waals surface area contributed by atoms with E-state index in [0.717, 1.165) is 0 Å². The number of rotatable bonds is 0. The molecule has 26 valence electrons. The van der Waals surface area contributed by atoms with Gasteiger partial charge >= 0.3 is 24.4 Å². The van der Waals surface area contributed by atoms with Crippen molar-refractivity contribution in [3.63, 3.8) is 0 Å². The van der Waals surface area contributed by atoms with Crippen molar-refractivity contribution in [3.05, 3.63) is 12.1 Å². The van der Waals surface area contributed by atoms with Crippen molar-refractivity contribution in [1.82, 2.24) is 0 Å². The van der Waals surface area contributed by atoms with Crippen LogP contribution in [0.3, 0.4) is 0 Å². The molecule has 0 atom stereocenters. The molecular weight excluding hydrogens is 181 g/mol. The summed E-state index contributed by atoms with van der Waals surface area (Å²) in [5.74, 6) is 0. The number of hydrogen-bond donors (Lipinski definition) is 0. The molecule has 0 radical (unpaired) electrons. The monoisotopic (exact) mass is 186 g/mol. The Bertz CT molecular complexity index is 13.5. The van der Waals surface area contributed by atoms with E-state index < -0.39 is 0 Å². The van der Waals surface area contributed by atoms with E-state index in [1.54, 1.807) is 0 Å². The number of halogens is 1. The van der Waals surface area contributed by atoms with Gasteiger partial charge in [-0.3, -0.25) is 0 Å². The van der Waals surface area contributed by atoms with Gasteiger partial charge in [-0.25, -0.2) is 0 Å².